The normalized spacial score (nSPS) is 11.3. The van der Waals surface area contributed by atoms with Crippen molar-refractivity contribution in [2.75, 3.05) is 13.7 Å². The van der Waals surface area contributed by atoms with E-state index >= 15 is 0 Å². The van der Waals surface area contributed by atoms with Crippen molar-refractivity contribution in [3.8, 4) is 0 Å². The van der Waals surface area contributed by atoms with Crippen molar-refractivity contribution in [3.63, 3.8) is 0 Å². The molecule has 0 aliphatic rings. The molecule has 0 fully saturated rings. The summed E-state index contributed by atoms with van der Waals surface area (Å²) in [6.07, 6.45) is 1.16. The van der Waals surface area contributed by atoms with Crippen LogP contribution >= 0.6 is 0 Å². The number of carbonyl (C=O) groups is 1. The maximum Gasteiger partial charge on any atom is 0.306 e. The first-order valence-electron chi connectivity index (χ1n) is 4.16. The maximum atomic E-state index is 11.1. The summed E-state index contributed by atoms with van der Waals surface area (Å²) >= 11 is 0. The molecule has 0 aliphatic carbocycles. The van der Waals surface area contributed by atoms with Crippen LogP contribution in [0.15, 0.2) is 0 Å². The van der Waals surface area contributed by atoms with E-state index in [-0.39, 0.29) is 11.6 Å². The zero-order valence-corrected chi connectivity index (χ0v) is 8.35. The third-order valence-corrected chi connectivity index (χ3v) is 1.15. The van der Waals surface area contributed by atoms with Crippen molar-refractivity contribution in [1.82, 2.24) is 0 Å². The van der Waals surface area contributed by atoms with Gasteiger partial charge in [-0.25, -0.2) is 0 Å². The van der Waals surface area contributed by atoms with E-state index in [4.69, 9.17) is 9.47 Å². The molecule has 0 bridgehead atoms. The number of carbonyl (C=O) groups excluding carboxylic acids is 1. The largest absolute Gasteiger partial charge is 0.460 e. The highest BCUT2D eigenvalue weighted by Crippen LogP contribution is 2.08. The zero-order chi connectivity index (χ0) is 9.61. The van der Waals surface area contributed by atoms with E-state index in [1.807, 2.05) is 20.8 Å². The predicted octanol–water partition coefficient (Wildman–Crippen LogP) is 1.75. The van der Waals surface area contributed by atoms with E-state index in [0.717, 1.165) is 6.42 Å². The van der Waals surface area contributed by atoms with E-state index in [1.54, 1.807) is 7.11 Å². The lowest BCUT2D eigenvalue weighted by molar-refractivity contribution is -0.155. The number of esters is 1. The summed E-state index contributed by atoms with van der Waals surface area (Å²) in [7, 11) is 1.62. The number of hydrogen-bond acceptors (Lipinski definition) is 3. The van der Waals surface area contributed by atoms with Crippen LogP contribution in [-0.4, -0.2) is 25.3 Å². The van der Waals surface area contributed by atoms with E-state index in [0.29, 0.717) is 13.0 Å². The molecule has 0 radical (unpaired) electrons. The van der Waals surface area contributed by atoms with Gasteiger partial charge in [0.1, 0.15) is 5.60 Å². The van der Waals surface area contributed by atoms with Crippen LogP contribution in [0.5, 0.6) is 0 Å². The fourth-order valence-electron chi connectivity index (χ4n) is 0.753. The smallest absolute Gasteiger partial charge is 0.306 e. The molecule has 72 valence electrons. The van der Waals surface area contributed by atoms with Crippen molar-refractivity contribution < 1.29 is 14.3 Å². The van der Waals surface area contributed by atoms with Crippen molar-refractivity contribution in [2.45, 2.75) is 39.2 Å². The highest BCUT2D eigenvalue weighted by Gasteiger charge is 2.15. The molecule has 12 heavy (non-hydrogen) atoms. The Morgan fingerprint density at radius 3 is 2.33 bits per heavy atom. The quantitative estimate of drug-likeness (QED) is 0.481. The number of methoxy groups -OCH3 is 1. The van der Waals surface area contributed by atoms with Gasteiger partial charge in [0.15, 0.2) is 0 Å². The highest BCUT2D eigenvalue weighted by molar-refractivity contribution is 5.69. The van der Waals surface area contributed by atoms with Crippen LogP contribution in [-0.2, 0) is 14.3 Å². The van der Waals surface area contributed by atoms with E-state index < -0.39 is 0 Å². The highest BCUT2D eigenvalue weighted by atomic mass is 16.6. The molecule has 3 heteroatoms. The number of hydrogen-bond donors (Lipinski definition) is 0. The van der Waals surface area contributed by atoms with Crippen molar-refractivity contribution in [3.05, 3.63) is 0 Å². The molecule has 0 aromatic heterocycles. The van der Waals surface area contributed by atoms with Gasteiger partial charge in [-0.3, -0.25) is 4.79 Å². The van der Waals surface area contributed by atoms with Crippen LogP contribution in [0.1, 0.15) is 33.6 Å². The molecule has 3 nitrogen and oxygen atoms in total. The van der Waals surface area contributed by atoms with Gasteiger partial charge in [-0.05, 0) is 27.2 Å². The van der Waals surface area contributed by atoms with Crippen LogP contribution in [0.4, 0.5) is 0 Å². The summed E-state index contributed by atoms with van der Waals surface area (Å²) in [6.45, 7) is 6.20. The van der Waals surface area contributed by atoms with Crippen LogP contribution < -0.4 is 0 Å². The van der Waals surface area contributed by atoms with Crippen LogP contribution in [0, 0.1) is 0 Å². The number of rotatable bonds is 4. The van der Waals surface area contributed by atoms with Gasteiger partial charge in [0, 0.05) is 20.1 Å². The van der Waals surface area contributed by atoms with Crippen molar-refractivity contribution in [1.29, 1.82) is 0 Å². The monoisotopic (exact) mass is 174 g/mol. The Labute approximate surface area is 74.0 Å². The summed E-state index contributed by atoms with van der Waals surface area (Å²) in [5.41, 5.74) is -0.371. The lowest BCUT2D eigenvalue weighted by Gasteiger charge is -2.19. The lowest BCUT2D eigenvalue weighted by atomic mass is 10.2. The first-order chi connectivity index (χ1) is 5.45. The Balaban J connectivity index is 3.47. The molecule has 0 spiro atoms. The van der Waals surface area contributed by atoms with E-state index in [2.05, 4.69) is 0 Å². The molecular formula is C9H18O3. The Morgan fingerprint density at radius 2 is 1.92 bits per heavy atom. The molecule has 0 N–H and O–H groups in total. The average molecular weight is 174 g/mol. The summed E-state index contributed by atoms with van der Waals surface area (Å²) in [5, 5.41) is 0. The second kappa shape index (κ2) is 5.14. The zero-order valence-electron chi connectivity index (χ0n) is 8.35. The molecule has 0 rings (SSSR count). The van der Waals surface area contributed by atoms with Crippen molar-refractivity contribution in [2.24, 2.45) is 0 Å². The van der Waals surface area contributed by atoms with Gasteiger partial charge in [0.05, 0.1) is 0 Å². The van der Waals surface area contributed by atoms with Crippen LogP contribution in [0.25, 0.3) is 0 Å². The molecule has 0 amide bonds. The van der Waals surface area contributed by atoms with Crippen LogP contribution in [0.3, 0.4) is 0 Å². The summed E-state index contributed by atoms with van der Waals surface area (Å²) < 4.78 is 9.90. The minimum absolute atomic E-state index is 0.153. The first kappa shape index (κ1) is 11.4. The molecule has 0 saturated carbocycles. The Bertz CT molecular complexity index is 135. The Morgan fingerprint density at radius 1 is 1.33 bits per heavy atom. The molecule has 0 saturated heterocycles. The molecule has 0 aromatic rings. The maximum absolute atomic E-state index is 11.1. The van der Waals surface area contributed by atoms with Gasteiger partial charge in [0.2, 0.25) is 0 Å². The lowest BCUT2D eigenvalue weighted by Crippen LogP contribution is -2.23. The third-order valence-electron chi connectivity index (χ3n) is 1.15. The second-order valence-electron chi connectivity index (χ2n) is 3.68. The summed E-state index contributed by atoms with van der Waals surface area (Å²) in [4.78, 5) is 11.1. The van der Waals surface area contributed by atoms with Crippen molar-refractivity contribution >= 4 is 5.97 Å². The number of ether oxygens (including phenoxy) is 2. The molecule has 0 atom stereocenters. The molecule has 0 unspecified atom stereocenters. The SMILES string of the molecule is COCCCC(=O)OC(C)(C)C. The second-order valence-corrected chi connectivity index (χ2v) is 3.68. The fraction of sp³-hybridized carbons (Fsp3) is 0.889. The molecule has 0 aromatic carbocycles. The molecule has 0 aliphatic heterocycles. The standard InChI is InChI=1S/C9H18O3/c1-9(2,3)12-8(10)6-5-7-11-4/h5-7H2,1-4H3. The van der Waals surface area contributed by atoms with E-state index in [9.17, 15) is 4.79 Å². The van der Waals surface area contributed by atoms with Gasteiger partial charge < -0.3 is 9.47 Å². The Kier molecular flexibility index (Phi) is 4.90. The average Bonchev–Trinajstić information content (AvgIpc) is 1.84. The van der Waals surface area contributed by atoms with Gasteiger partial charge in [-0.2, -0.15) is 0 Å². The fourth-order valence-corrected chi connectivity index (χ4v) is 0.753. The van der Waals surface area contributed by atoms with Crippen LogP contribution in [0.2, 0.25) is 0 Å². The van der Waals surface area contributed by atoms with Gasteiger partial charge in [0.25, 0.3) is 0 Å². The minimum Gasteiger partial charge on any atom is -0.460 e. The first-order valence-corrected chi connectivity index (χ1v) is 4.16. The minimum atomic E-state index is -0.371. The third kappa shape index (κ3) is 7.54. The van der Waals surface area contributed by atoms with Gasteiger partial charge >= 0.3 is 5.97 Å². The molecule has 0 heterocycles. The predicted molar refractivity (Wildman–Crippen MR) is 47.0 cm³/mol. The van der Waals surface area contributed by atoms with Gasteiger partial charge in [-0.1, -0.05) is 0 Å². The van der Waals surface area contributed by atoms with Gasteiger partial charge in [-0.15, -0.1) is 0 Å². The topological polar surface area (TPSA) is 35.5 Å². The van der Waals surface area contributed by atoms with E-state index in [1.165, 1.54) is 0 Å². The molecular weight excluding hydrogens is 156 g/mol. The Hall–Kier alpha value is -0.570. The summed E-state index contributed by atoms with van der Waals surface area (Å²) in [5.74, 6) is -0.153. The summed E-state index contributed by atoms with van der Waals surface area (Å²) in [6, 6.07) is 0.